The van der Waals surface area contributed by atoms with E-state index in [1.807, 2.05) is 30.3 Å². The molecule has 2 aliphatic heterocycles. The molecule has 3 aromatic heterocycles. The number of carbonyl (C=O) groups is 4. The Morgan fingerprint density at radius 1 is 0.324 bits per heavy atom. The Bertz CT molecular complexity index is 5520. The van der Waals surface area contributed by atoms with E-state index in [4.69, 9.17) is 48.9 Å². The topological polar surface area (TPSA) is 214 Å². The second kappa shape index (κ2) is 28.9. The summed E-state index contributed by atoms with van der Waals surface area (Å²) in [5.74, 6) is -0.718. The molecule has 8 aromatic carbocycles. The van der Waals surface area contributed by atoms with Crippen LogP contribution in [0.25, 0.3) is 134 Å². The molecule has 0 aliphatic carbocycles. The number of hydrogen-bond donors (Lipinski definition) is 2. The Morgan fingerprint density at radius 2 is 0.648 bits per heavy atom. The van der Waals surface area contributed by atoms with Crippen molar-refractivity contribution in [2.75, 3.05) is 13.2 Å². The molecule has 0 saturated carbocycles. The number of aromatic amines is 2. The minimum absolute atomic E-state index is 0.126. The molecule has 0 fully saturated rings. The van der Waals surface area contributed by atoms with Gasteiger partial charge < -0.3 is 28.9 Å². The number of benzene rings is 8. The van der Waals surface area contributed by atoms with Gasteiger partial charge in [-0.3, -0.25) is 19.2 Å². The van der Waals surface area contributed by atoms with E-state index >= 15 is 0 Å². The van der Waals surface area contributed by atoms with Crippen molar-refractivity contribution in [3.63, 3.8) is 0 Å². The molecule has 13 rings (SSSR count). The summed E-state index contributed by atoms with van der Waals surface area (Å²) in [4.78, 5) is 92.1. The fourth-order valence-electron chi connectivity index (χ4n) is 14.1. The summed E-state index contributed by atoms with van der Waals surface area (Å²) in [6, 6.07) is 55.8. The molecule has 0 atom stereocenters. The van der Waals surface area contributed by atoms with E-state index in [0.717, 1.165) is 99.4 Å². The van der Waals surface area contributed by atoms with Gasteiger partial charge in [-0.2, -0.15) is 0 Å². The summed E-state index contributed by atoms with van der Waals surface area (Å²) < 4.78 is 21.8. The number of carbonyl (C=O) groups excluding carboxylic acids is 4. The molecule has 16 nitrogen and oxygen atoms in total. The van der Waals surface area contributed by atoms with Crippen LogP contribution in [0.4, 0.5) is 0 Å². The average molecular weight is 1440 g/mol. The number of nitrogens with zero attached hydrogens (tertiary/aromatic N) is 6. The first-order valence-electron chi connectivity index (χ1n) is 37.5. The number of ether oxygens (including phenoxy) is 4. The first-order chi connectivity index (χ1) is 50.9. The van der Waals surface area contributed by atoms with Gasteiger partial charge >= 0.3 is 23.9 Å². The predicted molar refractivity (Wildman–Crippen MR) is 432 cm³/mol. The van der Waals surface area contributed by atoms with Gasteiger partial charge in [0.2, 0.25) is 0 Å². The molecule has 0 spiro atoms. The molecule has 11 aromatic rings. The van der Waals surface area contributed by atoms with E-state index in [-0.39, 0.29) is 34.9 Å². The van der Waals surface area contributed by atoms with Crippen LogP contribution in [0.15, 0.2) is 158 Å². The molecular weight excluding hydrogens is 1350 g/mol. The first-order valence-corrected chi connectivity index (χ1v) is 37.5. The molecule has 0 unspecified atom stereocenters. The largest absolute Gasteiger partial charge is 0.465 e. The number of rotatable bonds is 16. The van der Waals surface area contributed by atoms with Crippen LogP contribution < -0.4 is 0 Å². The Kier molecular flexibility index (Phi) is 20.2. The molecule has 554 valence electrons. The second-order valence-electron chi connectivity index (χ2n) is 34.7. The molecule has 108 heavy (non-hydrogen) atoms. The van der Waals surface area contributed by atoms with Gasteiger partial charge in [0.05, 0.1) is 13.2 Å². The van der Waals surface area contributed by atoms with Crippen molar-refractivity contribution < 1.29 is 38.1 Å². The minimum atomic E-state index is -0.721. The van der Waals surface area contributed by atoms with Crippen LogP contribution in [0.1, 0.15) is 184 Å². The van der Waals surface area contributed by atoms with Crippen molar-refractivity contribution in [2.24, 2.45) is 0 Å². The summed E-state index contributed by atoms with van der Waals surface area (Å²) in [7, 11) is 0. The molecule has 8 bridgehead atoms. The summed E-state index contributed by atoms with van der Waals surface area (Å²) in [5.41, 5.74) is 17.7. The highest BCUT2D eigenvalue weighted by Gasteiger charge is 2.31. The minimum Gasteiger partial charge on any atom is -0.465 e. The third-order valence-corrected chi connectivity index (χ3v) is 19.5. The van der Waals surface area contributed by atoms with Crippen LogP contribution in [0, 0.1) is 0 Å². The molecule has 2 N–H and O–H groups in total. The molecule has 0 amide bonds. The van der Waals surface area contributed by atoms with E-state index in [2.05, 4.69) is 220 Å². The molecule has 0 radical (unpaired) electrons. The second-order valence-corrected chi connectivity index (χ2v) is 34.7. The molecular formula is C92H98N8O8. The zero-order chi connectivity index (χ0) is 77.2. The molecule has 0 saturated heterocycles. The van der Waals surface area contributed by atoms with E-state index in [0.29, 0.717) is 71.6 Å². The Balaban J connectivity index is 1.05. The predicted octanol–water partition coefficient (Wildman–Crippen LogP) is 21.1. The summed E-state index contributed by atoms with van der Waals surface area (Å²) >= 11 is 0. The van der Waals surface area contributed by atoms with Crippen molar-refractivity contribution in [3.8, 4) is 90.1 Å². The lowest BCUT2D eigenvalue weighted by atomic mass is 9.78. The number of fused-ring (bicyclic) bond motifs is 20. The van der Waals surface area contributed by atoms with Crippen LogP contribution in [-0.4, -0.2) is 88.2 Å². The average Bonchev–Trinajstić information content (AvgIpc) is 1.57. The number of aryl methyl sites for hydroxylation is 2. The molecule has 5 heterocycles. The van der Waals surface area contributed by atoms with Crippen LogP contribution in [-0.2, 0) is 72.6 Å². The van der Waals surface area contributed by atoms with Crippen LogP contribution >= 0.6 is 0 Å². The zero-order valence-electron chi connectivity index (χ0n) is 65.6. The number of hydrogen-bond acceptors (Lipinski definition) is 14. The first kappa shape index (κ1) is 75.2. The van der Waals surface area contributed by atoms with Gasteiger partial charge in [0.25, 0.3) is 0 Å². The molecule has 16 heteroatoms. The number of H-pyrrole nitrogens is 2. The fraction of sp³-hybridized carbons (Fsp3) is 0.348. The highest BCUT2D eigenvalue weighted by atomic mass is 16.6. The van der Waals surface area contributed by atoms with Gasteiger partial charge in [-0.05, 0) is 167 Å². The normalized spacial score (nSPS) is 12.6. The Morgan fingerprint density at radius 3 is 1.04 bits per heavy atom. The highest BCUT2D eigenvalue weighted by Crippen LogP contribution is 2.47. The lowest BCUT2D eigenvalue weighted by Crippen LogP contribution is -2.26. The van der Waals surface area contributed by atoms with Crippen molar-refractivity contribution in [2.45, 2.75) is 196 Å². The molecule has 2 aliphatic rings. The van der Waals surface area contributed by atoms with Crippen LogP contribution in [0.3, 0.4) is 0 Å². The van der Waals surface area contributed by atoms with Gasteiger partial charge in [0.1, 0.15) is 46.6 Å². The van der Waals surface area contributed by atoms with Crippen LogP contribution in [0.5, 0.6) is 0 Å². The maximum Gasteiger partial charge on any atom is 0.317 e. The van der Waals surface area contributed by atoms with Gasteiger partial charge in [0, 0.05) is 43.8 Å². The third kappa shape index (κ3) is 16.6. The maximum atomic E-state index is 12.8. The Labute approximate surface area is 633 Å². The summed E-state index contributed by atoms with van der Waals surface area (Å²) in [5, 5.41) is 3.29. The lowest BCUT2D eigenvalue weighted by Gasteiger charge is -2.26. The number of esters is 4. The van der Waals surface area contributed by atoms with Gasteiger partial charge in [-0.1, -0.05) is 241 Å². The smallest absolute Gasteiger partial charge is 0.317 e. The standard InChI is InChI=1S/C92H98N8O8/c1-87(2,3)59-45-57(46-60(49-59)88(4,5)6)65-35-23-39-69-77(65)86-98-81(69)96-84-75-63(55-31-19-27-53(43-55)29-25-41-105-71(101)51-73(103)107-91(13,14)15)33-21-37-67(75)79(94-84)93-83-76-64(56-32-20-28-54(44-56)30-26-42-106-72(102)52-74(104)108-92(16,17)18)34-22-38-68(76)80(95-83)97-85-78-66(36-24-40-70(78)82(99-85)100-86)58-47-61(89(7,8)9)50-62(48-58)90(10,11)12/h19-24,27-28,31-40,43-50H,25-26,29-30,41-42,51-52H2,1-18H3,(H2,93,94,95,96,97,98,99,100). The van der Waals surface area contributed by atoms with Crippen LogP contribution in [0.2, 0.25) is 0 Å². The lowest BCUT2D eigenvalue weighted by molar-refractivity contribution is -0.163. The van der Waals surface area contributed by atoms with Crippen molar-refractivity contribution >= 4 is 68.0 Å². The number of aromatic nitrogens is 8. The summed E-state index contributed by atoms with van der Waals surface area (Å²) in [6.45, 7) is 37.9. The van der Waals surface area contributed by atoms with E-state index < -0.39 is 47.9 Å². The van der Waals surface area contributed by atoms with Crippen molar-refractivity contribution in [1.82, 2.24) is 39.9 Å². The Hall–Kier alpha value is -11.0. The van der Waals surface area contributed by atoms with Gasteiger partial charge in [-0.25, -0.2) is 29.9 Å². The van der Waals surface area contributed by atoms with E-state index in [1.165, 1.54) is 22.3 Å². The van der Waals surface area contributed by atoms with Crippen molar-refractivity contribution in [3.05, 3.63) is 191 Å². The van der Waals surface area contributed by atoms with E-state index in [1.54, 1.807) is 41.5 Å². The van der Waals surface area contributed by atoms with Crippen molar-refractivity contribution in [1.29, 1.82) is 0 Å². The summed E-state index contributed by atoms with van der Waals surface area (Å²) in [6.07, 6.45) is 1.29. The monoisotopic (exact) mass is 1440 g/mol. The SMILES string of the molecule is CC(C)(C)OC(=O)CC(=O)OCCCc1cccc(-c2cccc3c2-c2nc-3nc3[nH]c(nc4nc(nc5[nH]c(n2)c2cccc(-c6cc(C(C)(C)C)cc(C(C)(C)C)c6)c52)-c2cccc(-c5cc(C(C)(C)C)cc(C(C)(C)C)c5)c2-4)c2cccc(-c4cccc(CCCOC(=O)CC(=O)OC(C)(C)C)c4)c32)c1. The quantitative estimate of drug-likeness (QED) is 0.0399. The third-order valence-electron chi connectivity index (χ3n) is 19.5. The fourth-order valence-corrected chi connectivity index (χ4v) is 14.1. The zero-order valence-corrected chi connectivity index (χ0v) is 65.6. The van der Waals surface area contributed by atoms with Gasteiger partial charge in [-0.15, -0.1) is 0 Å². The highest BCUT2D eigenvalue weighted by molar-refractivity contribution is 6.14. The number of nitrogens with one attached hydrogen (secondary N) is 2. The van der Waals surface area contributed by atoms with Gasteiger partial charge in [0.15, 0.2) is 23.3 Å². The van der Waals surface area contributed by atoms with E-state index in [9.17, 15) is 19.2 Å². The maximum absolute atomic E-state index is 12.8.